The fourth-order valence-electron chi connectivity index (χ4n) is 3.66. The molecule has 3 N–H and O–H groups in total. The number of halogens is 1. The SMILES string of the molecule is CC.O=C(NCCn1cnc2cnc(Nc3ncc(-c4ncccc4F)s3)cc21)[C@@H]1CCCN1. The molecule has 178 valence electrons. The second-order valence-corrected chi connectivity index (χ2v) is 8.46. The van der Waals surface area contributed by atoms with Gasteiger partial charge in [0, 0.05) is 31.5 Å². The molecular weight excluding hydrogens is 455 g/mol. The summed E-state index contributed by atoms with van der Waals surface area (Å²) < 4.78 is 16.0. The van der Waals surface area contributed by atoms with E-state index in [4.69, 9.17) is 0 Å². The van der Waals surface area contributed by atoms with Crippen LogP contribution in [-0.4, -0.2) is 49.5 Å². The molecule has 1 amide bonds. The molecule has 1 atom stereocenters. The molecule has 0 aromatic carbocycles. The van der Waals surface area contributed by atoms with Crippen molar-refractivity contribution < 1.29 is 9.18 Å². The molecule has 1 aliphatic rings. The summed E-state index contributed by atoms with van der Waals surface area (Å²) in [5.74, 6) is 0.252. The summed E-state index contributed by atoms with van der Waals surface area (Å²) in [6.45, 7) is 6.00. The lowest BCUT2D eigenvalue weighted by Gasteiger charge is -2.11. The van der Waals surface area contributed by atoms with Crippen LogP contribution in [0.4, 0.5) is 15.3 Å². The first-order chi connectivity index (χ1) is 16.7. The average Bonchev–Trinajstić information content (AvgIpc) is 3.63. The molecule has 34 heavy (non-hydrogen) atoms. The van der Waals surface area contributed by atoms with Gasteiger partial charge in [0.25, 0.3) is 0 Å². The number of nitrogens with one attached hydrogen (secondary N) is 3. The number of hydrogen-bond donors (Lipinski definition) is 3. The molecule has 9 nitrogen and oxygen atoms in total. The van der Waals surface area contributed by atoms with Gasteiger partial charge in [-0.05, 0) is 31.5 Å². The third-order valence-corrected chi connectivity index (χ3v) is 6.19. The summed E-state index contributed by atoms with van der Waals surface area (Å²) >= 11 is 1.30. The van der Waals surface area contributed by atoms with Gasteiger partial charge in [0.2, 0.25) is 5.91 Å². The van der Waals surface area contributed by atoms with Gasteiger partial charge in [-0.1, -0.05) is 25.2 Å². The van der Waals surface area contributed by atoms with Crippen LogP contribution in [0, 0.1) is 5.82 Å². The maximum absolute atomic E-state index is 14.0. The lowest BCUT2D eigenvalue weighted by atomic mass is 10.2. The van der Waals surface area contributed by atoms with Crippen molar-refractivity contribution in [2.24, 2.45) is 0 Å². The zero-order valence-electron chi connectivity index (χ0n) is 19.1. The Balaban J connectivity index is 0.00000133. The topological polar surface area (TPSA) is 110 Å². The number of aromatic nitrogens is 5. The van der Waals surface area contributed by atoms with Crippen molar-refractivity contribution in [2.45, 2.75) is 39.3 Å². The van der Waals surface area contributed by atoms with Crippen molar-refractivity contribution in [1.82, 2.24) is 35.1 Å². The quantitative estimate of drug-likeness (QED) is 0.368. The van der Waals surface area contributed by atoms with Gasteiger partial charge in [0.05, 0.1) is 29.0 Å². The van der Waals surface area contributed by atoms with E-state index in [-0.39, 0.29) is 23.5 Å². The van der Waals surface area contributed by atoms with Crippen LogP contribution in [0.25, 0.3) is 21.6 Å². The molecule has 4 aromatic heterocycles. The largest absolute Gasteiger partial charge is 0.353 e. The molecule has 0 unspecified atom stereocenters. The number of amides is 1. The number of carbonyl (C=O) groups excluding carboxylic acids is 1. The summed E-state index contributed by atoms with van der Waals surface area (Å²) in [6, 6.07) is 4.72. The molecule has 1 aliphatic heterocycles. The first-order valence-corrected chi connectivity index (χ1v) is 12.1. The Labute approximate surface area is 200 Å². The predicted molar refractivity (Wildman–Crippen MR) is 131 cm³/mol. The number of pyridine rings is 2. The van der Waals surface area contributed by atoms with Gasteiger partial charge in [-0.15, -0.1) is 0 Å². The first-order valence-electron chi connectivity index (χ1n) is 11.3. The van der Waals surface area contributed by atoms with Crippen LogP contribution in [0.3, 0.4) is 0 Å². The minimum atomic E-state index is -0.387. The van der Waals surface area contributed by atoms with E-state index in [9.17, 15) is 9.18 Å². The van der Waals surface area contributed by atoms with E-state index in [0.29, 0.717) is 28.9 Å². The second-order valence-electron chi connectivity index (χ2n) is 7.42. The van der Waals surface area contributed by atoms with Crippen molar-refractivity contribution in [3.63, 3.8) is 0 Å². The maximum atomic E-state index is 14.0. The Hall–Kier alpha value is -3.44. The fraction of sp³-hybridized carbons (Fsp3) is 0.348. The minimum Gasteiger partial charge on any atom is -0.353 e. The number of nitrogens with zero attached hydrogens (tertiary/aromatic N) is 5. The molecule has 0 spiro atoms. The molecule has 0 radical (unpaired) electrons. The predicted octanol–water partition coefficient (Wildman–Crippen LogP) is 3.73. The molecule has 0 bridgehead atoms. The van der Waals surface area contributed by atoms with Gasteiger partial charge >= 0.3 is 0 Å². The van der Waals surface area contributed by atoms with Crippen molar-refractivity contribution in [3.05, 3.63) is 48.9 Å². The lowest BCUT2D eigenvalue weighted by Crippen LogP contribution is -2.41. The normalized spacial score (nSPS) is 15.1. The van der Waals surface area contributed by atoms with Crippen LogP contribution in [0.2, 0.25) is 0 Å². The number of anilines is 2. The fourth-order valence-corrected chi connectivity index (χ4v) is 4.48. The number of carbonyl (C=O) groups is 1. The summed E-state index contributed by atoms with van der Waals surface area (Å²) in [5, 5.41) is 9.92. The Bertz CT molecular complexity index is 1250. The van der Waals surface area contributed by atoms with Crippen molar-refractivity contribution >= 4 is 39.2 Å². The van der Waals surface area contributed by atoms with Crippen LogP contribution >= 0.6 is 11.3 Å². The standard InChI is InChI=1S/C21H21FN8OS.C2H6/c22-13-3-1-6-24-19(13)17-11-27-21(32-17)29-18-9-16-15(10-26-18)28-12-30(16)8-7-25-20(31)14-4-2-5-23-14;1-2/h1,3,6,9-12,14,23H,2,4-5,7-8H2,(H,25,31)(H,26,27,29);1-2H3/t14-;/m0./s1. The van der Waals surface area contributed by atoms with Crippen LogP contribution in [0.5, 0.6) is 0 Å². The van der Waals surface area contributed by atoms with E-state index in [0.717, 1.165) is 30.4 Å². The Morgan fingerprint density at radius 3 is 2.94 bits per heavy atom. The zero-order valence-corrected chi connectivity index (χ0v) is 19.9. The highest BCUT2D eigenvalue weighted by Crippen LogP contribution is 2.30. The van der Waals surface area contributed by atoms with Gasteiger partial charge in [0.1, 0.15) is 22.8 Å². The molecule has 11 heteroatoms. The number of thiazole rings is 1. The number of rotatable bonds is 7. The highest BCUT2D eigenvalue weighted by molar-refractivity contribution is 7.18. The van der Waals surface area contributed by atoms with Crippen LogP contribution in [0.15, 0.2) is 43.1 Å². The van der Waals surface area contributed by atoms with Crippen LogP contribution < -0.4 is 16.0 Å². The maximum Gasteiger partial charge on any atom is 0.237 e. The third kappa shape index (κ3) is 5.37. The van der Waals surface area contributed by atoms with E-state index >= 15 is 0 Å². The molecule has 1 saturated heterocycles. The zero-order chi connectivity index (χ0) is 23.9. The molecule has 1 fully saturated rings. The van der Waals surface area contributed by atoms with Gasteiger partial charge < -0.3 is 20.5 Å². The molecule has 0 saturated carbocycles. The Morgan fingerprint density at radius 1 is 1.26 bits per heavy atom. The molecular formula is C23H27FN8OS. The van der Waals surface area contributed by atoms with Gasteiger partial charge in [-0.3, -0.25) is 9.78 Å². The summed E-state index contributed by atoms with van der Waals surface area (Å²) in [6.07, 6.45) is 8.47. The van der Waals surface area contributed by atoms with E-state index in [2.05, 4.69) is 35.9 Å². The van der Waals surface area contributed by atoms with Crippen molar-refractivity contribution in [2.75, 3.05) is 18.4 Å². The Morgan fingerprint density at radius 2 is 2.15 bits per heavy atom. The van der Waals surface area contributed by atoms with Gasteiger partial charge in [0.15, 0.2) is 5.13 Å². The highest BCUT2D eigenvalue weighted by atomic mass is 32.1. The monoisotopic (exact) mass is 482 g/mol. The van der Waals surface area contributed by atoms with Crippen LogP contribution in [-0.2, 0) is 11.3 Å². The van der Waals surface area contributed by atoms with Crippen molar-refractivity contribution in [3.8, 4) is 10.6 Å². The van der Waals surface area contributed by atoms with Gasteiger partial charge in [-0.2, -0.15) is 0 Å². The third-order valence-electron chi connectivity index (χ3n) is 5.27. The Kier molecular flexibility index (Phi) is 7.76. The van der Waals surface area contributed by atoms with E-state index in [1.165, 1.54) is 17.4 Å². The van der Waals surface area contributed by atoms with E-state index < -0.39 is 0 Å². The van der Waals surface area contributed by atoms with Crippen LogP contribution in [0.1, 0.15) is 26.7 Å². The smallest absolute Gasteiger partial charge is 0.237 e. The lowest BCUT2D eigenvalue weighted by molar-refractivity contribution is -0.122. The summed E-state index contributed by atoms with van der Waals surface area (Å²) in [5.41, 5.74) is 1.92. The minimum absolute atomic E-state index is 0.0415. The second kappa shape index (κ2) is 11.1. The first kappa shape index (κ1) is 23.7. The van der Waals surface area contributed by atoms with Gasteiger partial charge in [-0.25, -0.2) is 19.3 Å². The van der Waals surface area contributed by atoms with E-state index in [1.807, 2.05) is 24.5 Å². The molecule has 4 aromatic rings. The van der Waals surface area contributed by atoms with E-state index in [1.54, 1.807) is 31.0 Å². The van der Waals surface area contributed by atoms with Crippen molar-refractivity contribution in [1.29, 1.82) is 0 Å². The number of hydrogen-bond acceptors (Lipinski definition) is 8. The number of fused-ring (bicyclic) bond motifs is 1. The number of imidazole rings is 1. The molecule has 5 heterocycles. The summed E-state index contributed by atoms with van der Waals surface area (Å²) in [4.78, 5) is 30.0. The molecule has 5 rings (SSSR count). The molecule has 0 aliphatic carbocycles. The summed E-state index contributed by atoms with van der Waals surface area (Å²) in [7, 11) is 0. The average molecular weight is 483 g/mol. The highest BCUT2D eigenvalue weighted by Gasteiger charge is 2.21.